The van der Waals surface area contributed by atoms with E-state index in [1.165, 1.54) is 0 Å². The van der Waals surface area contributed by atoms with Gasteiger partial charge in [-0.05, 0) is 55.3 Å². The summed E-state index contributed by atoms with van der Waals surface area (Å²) in [4.78, 5) is 0.434. The number of piperidine rings is 1. The van der Waals surface area contributed by atoms with E-state index in [1.807, 2.05) is 36.4 Å². The van der Waals surface area contributed by atoms with Crippen LogP contribution in [-0.4, -0.2) is 31.9 Å². The third kappa shape index (κ3) is 3.20. The van der Waals surface area contributed by atoms with Gasteiger partial charge in [0.05, 0.1) is 10.9 Å². The molecule has 0 aromatic heterocycles. The number of nitrogens with zero attached hydrogens (tertiary/aromatic N) is 1. The zero-order chi connectivity index (χ0) is 16.7. The van der Waals surface area contributed by atoms with Crippen molar-refractivity contribution in [2.45, 2.75) is 29.8 Å². The van der Waals surface area contributed by atoms with Crippen LogP contribution in [0.25, 0.3) is 0 Å². The van der Waals surface area contributed by atoms with Crippen LogP contribution in [0, 0.1) is 0 Å². The molecule has 1 atom stereocenters. The highest BCUT2D eigenvalue weighted by atomic mass is 35.5. The van der Waals surface area contributed by atoms with Crippen LogP contribution in [0.5, 0.6) is 0 Å². The molecule has 0 amide bonds. The van der Waals surface area contributed by atoms with Gasteiger partial charge in [-0.3, -0.25) is 0 Å². The fourth-order valence-electron chi connectivity index (χ4n) is 3.77. The molecule has 2 aromatic carbocycles. The van der Waals surface area contributed by atoms with Crippen LogP contribution in [0.4, 0.5) is 0 Å². The lowest BCUT2D eigenvalue weighted by atomic mass is 9.96. The van der Waals surface area contributed by atoms with Gasteiger partial charge in [0, 0.05) is 11.1 Å². The van der Waals surface area contributed by atoms with E-state index < -0.39 is 10.0 Å². The fraction of sp³-hybridized carbons (Fsp3) is 0.333. The maximum absolute atomic E-state index is 13.2. The quantitative estimate of drug-likeness (QED) is 0.840. The minimum absolute atomic E-state index is 0. The summed E-state index contributed by atoms with van der Waals surface area (Å²) < 4.78 is 28.2. The Kier molecular flexibility index (Phi) is 5.42. The molecule has 0 saturated carbocycles. The van der Waals surface area contributed by atoms with Crippen molar-refractivity contribution in [3.05, 3.63) is 64.7 Å². The third-order valence-electron chi connectivity index (χ3n) is 4.88. The van der Waals surface area contributed by atoms with E-state index >= 15 is 0 Å². The summed E-state index contributed by atoms with van der Waals surface area (Å²) in [5, 5.41) is 3.96. The van der Waals surface area contributed by atoms with Crippen molar-refractivity contribution in [2.24, 2.45) is 0 Å². The second-order valence-corrected chi connectivity index (χ2v) is 8.56. The molecule has 2 heterocycles. The second-order valence-electron chi connectivity index (χ2n) is 6.31. The molecule has 4 rings (SSSR count). The summed E-state index contributed by atoms with van der Waals surface area (Å²) in [6.45, 7) is 1.70. The van der Waals surface area contributed by atoms with Gasteiger partial charge in [-0.15, -0.1) is 12.4 Å². The summed E-state index contributed by atoms with van der Waals surface area (Å²) in [5.41, 5.74) is 1.82. The van der Waals surface area contributed by atoms with Crippen molar-refractivity contribution in [3.8, 4) is 0 Å². The average molecular weight is 399 g/mol. The molecule has 2 aliphatic heterocycles. The lowest BCUT2D eigenvalue weighted by Gasteiger charge is -2.34. The summed E-state index contributed by atoms with van der Waals surface area (Å²) in [6.07, 6.45) is 1.66. The summed E-state index contributed by atoms with van der Waals surface area (Å²) >= 11 is 6.02. The Hall–Kier alpha value is -1.11. The molecule has 0 aliphatic carbocycles. The largest absolute Gasteiger partial charge is 0.317 e. The molecule has 0 radical (unpaired) electrons. The van der Waals surface area contributed by atoms with Crippen LogP contribution in [0.1, 0.15) is 30.0 Å². The zero-order valence-electron chi connectivity index (χ0n) is 13.6. The Morgan fingerprint density at radius 2 is 1.64 bits per heavy atom. The van der Waals surface area contributed by atoms with Gasteiger partial charge in [0.2, 0.25) is 10.0 Å². The van der Waals surface area contributed by atoms with Crippen molar-refractivity contribution in [3.63, 3.8) is 0 Å². The van der Waals surface area contributed by atoms with E-state index in [9.17, 15) is 8.42 Å². The Labute approximate surface area is 159 Å². The Morgan fingerprint density at radius 3 is 2.32 bits per heavy atom. The Bertz CT molecular complexity index is 850. The highest BCUT2D eigenvalue weighted by molar-refractivity contribution is 7.89. The van der Waals surface area contributed by atoms with Crippen molar-refractivity contribution < 1.29 is 8.42 Å². The molecule has 1 N–H and O–H groups in total. The molecule has 4 nitrogen and oxygen atoms in total. The first-order chi connectivity index (χ1) is 11.6. The number of hydrogen-bond donors (Lipinski definition) is 1. The van der Waals surface area contributed by atoms with Crippen LogP contribution < -0.4 is 5.32 Å². The van der Waals surface area contributed by atoms with Crippen molar-refractivity contribution >= 4 is 34.0 Å². The second kappa shape index (κ2) is 7.25. The third-order valence-corrected chi connectivity index (χ3v) is 7.12. The van der Waals surface area contributed by atoms with Gasteiger partial charge >= 0.3 is 0 Å². The van der Waals surface area contributed by atoms with Gasteiger partial charge in [-0.2, -0.15) is 4.31 Å². The van der Waals surface area contributed by atoms with Crippen LogP contribution in [0.3, 0.4) is 0 Å². The van der Waals surface area contributed by atoms with Crippen LogP contribution in [-0.2, 0) is 10.0 Å². The highest BCUT2D eigenvalue weighted by Crippen LogP contribution is 2.45. The predicted molar refractivity (Wildman–Crippen MR) is 102 cm³/mol. The summed E-state index contributed by atoms with van der Waals surface area (Å²) in [5.74, 6) is 0. The van der Waals surface area contributed by atoms with E-state index in [0.717, 1.165) is 37.1 Å². The van der Waals surface area contributed by atoms with E-state index in [2.05, 4.69) is 5.32 Å². The molecule has 1 unspecified atom stereocenters. The predicted octanol–water partition coefficient (Wildman–Crippen LogP) is 3.61. The van der Waals surface area contributed by atoms with Gasteiger partial charge in [0.25, 0.3) is 0 Å². The van der Waals surface area contributed by atoms with E-state index in [4.69, 9.17) is 11.6 Å². The number of hydrogen-bond acceptors (Lipinski definition) is 3. The molecule has 1 saturated heterocycles. The first kappa shape index (κ1) is 18.7. The molecule has 25 heavy (non-hydrogen) atoms. The van der Waals surface area contributed by atoms with Crippen molar-refractivity contribution in [2.75, 3.05) is 13.1 Å². The van der Waals surface area contributed by atoms with Crippen molar-refractivity contribution in [1.82, 2.24) is 9.62 Å². The molecule has 7 heteroatoms. The molecule has 0 bridgehead atoms. The lowest BCUT2D eigenvalue weighted by Crippen LogP contribution is -2.45. The highest BCUT2D eigenvalue weighted by Gasteiger charge is 2.46. The molecule has 134 valence electrons. The monoisotopic (exact) mass is 398 g/mol. The lowest BCUT2D eigenvalue weighted by molar-refractivity contribution is 0.239. The number of halogens is 2. The van der Waals surface area contributed by atoms with Crippen LogP contribution in [0.15, 0.2) is 53.4 Å². The maximum Gasteiger partial charge on any atom is 0.244 e. The molecule has 1 fully saturated rings. The minimum Gasteiger partial charge on any atom is -0.317 e. The number of sulfonamides is 1. The van der Waals surface area contributed by atoms with Crippen LogP contribution in [0.2, 0.25) is 5.02 Å². The minimum atomic E-state index is -3.48. The van der Waals surface area contributed by atoms with Gasteiger partial charge < -0.3 is 5.32 Å². The zero-order valence-corrected chi connectivity index (χ0v) is 15.9. The first-order valence-electron chi connectivity index (χ1n) is 8.18. The smallest absolute Gasteiger partial charge is 0.244 e. The standard InChI is InChI=1S/C18H19ClN2O2S.ClH/c19-14-7-5-13(6-8-14)18-16-3-1-2-4-17(16)24(22,23)21(18)15-9-11-20-12-10-15;/h1-8,15,18,20H,9-12H2;1H. The number of nitrogens with one attached hydrogen (secondary N) is 1. The molecule has 2 aliphatic rings. The topological polar surface area (TPSA) is 49.4 Å². The summed E-state index contributed by atoms with van der Waals surface area (Å²) in [7, 11) is -3.48. The van der Waals surface area contributed by atoms with Gasteiger partial charge in [0.15, 0.2) is 0 Å². The van der Waals surface area contributed by atoms with E-state index in [0.29, 0.717) is 9.92 Å². The van der Waals surface area contributed by atoms with E-state index in [-0.39, 0.29) is 24.5 Å². The molecule has 2 aromatic rings. The first-order valence-corrected chi connectivity index (χ1v) is 9.99. The van der Waals surface area contributed by atoms with Gasteiger partial charge in [0.1, 0.15) is 0 Å². The van der Waals surface area contributed by atoms with Crippen LogP contribution >= 0.6 is 24.0 Å². The molecular weight excluding hydrogens is 379 g/mol. The van der Waals surface area contributed by atoms with Gasteiger partial charge in [-0.25, -0.2) is 8.42 Å². The summed E-state index contributed by atoms with van der Waals surface area (Å²) in [6, 6.07) is 14.6. The Balaban J connectivity index is 0.00000182. The SMILES string of the molecule is Cl.O=S1(=O)c2ccccc2C(c2ccc(Cl)cc2)N1C1CCNCC1. The number of rotatable bonds is 2. The number of fused-ring (bicyclic) bond motifs is 1. The van der Waals surface area contributed by atoms with Crippen molar-refractivity contribution in [1.29, 1.82) is 0 Å². The molecular formula is C18H20Cl2N2O2S. The number of benzene rings is 2. The van der Waals surface area contributed by atoms with E-state index in [1.54, 1.807) is 16.4 Å². The van der Waals surface area contributed by atoms with Gasteiger partial charge in [-0.1, -0.05) is 41.9 Å². The molecule has 0 spiro atoms. The fourth-order valence-corrected chi connectivity index (χ4v) is 5.97. The normalized spacial score (nSPS) is 23.0. The Morgan fingerprint density at radius 1 is 1.00 bits per heavy atom. The average Bonchev–Trinajstić information content (AvgIpc) is 2.84. The maximum atomic E-state index is 13.2.